The Morgan fingerprint density at radius 3 is 2.79 bits per heavy atom. The van der Waals surface area contributed by atoms with E-state index in [0.717, 1.165) is 6.42 Å². The molecule has 0 spiro atoms. The first-order valence-corrected chi connectivity index (χ1v) is 4.73. The number of ether oxygens (including phenoxy) is 1. The molecule has 0 aliphatic rings. The van der Waals surface area contributed by atoms with Crippen LogP contribution in [0, 0.1) is 5.82 Å². The Kier molecular flexibility index (Phi) is 3.89. The van der Waals surface area contributed by atoms with Crippen molar-refractivity contribution in [1.82, 2.24) is 0 Å². The van der Waals surface area contributed by atoms with E-state index in [2.05, 4.69) is 0 Å². The highest BCUT2D eigenvalue weighted by Gasteiger charge is 2.05. The van der Waals surface area contributed by atoms with E-state index in [4.69, 9.17) is 9.84 Å². The number of aliphatic hydroxyl groups is 1. The molecule has 1 atom stereocenters. The third-order valence-electron chi connectivity index (χ3n) is 2.10. The number of rotatable bonds is 4. The molecule has 0 aliphatic carbocycles. The third kappa shape index (κ3) is 2.70. The highest BCUT2D eigenvalue weighted by Crippen LogP contribution is 2.18. The van der Waals surface area contributed by atoms with Crippen molar-refractivity contribution in [3.05, 3.63) is 29.6 Å². The molecular formula is C11H15FO2. The van der Waals surface area contributed by atoms with E-state index in [1.54, 1.807) is 6.07 Å². The molecule has 0 saturated heterocycles. The lowest BCUT2D eigenvalue weighted by Crippen LogP contribution is -2.10. The van der Waals surface area contributed by atoms with Crippen molar-refractivity contribution in [1.29, 1.82) is 0 Å². The van der Waals surface area contributed by atoms with Crippen molar-refractivity contribution >= 4 is 0 Å². The summed E-state index contributed by atoms with van der Waals surface area (Å²) in [5.41, 5.74) is 0.269. The quantitative estimate of drug-likeness (QED) is 0.805. The van der Waals surface area contributed by atoms with Crippen LogP contribution in [-0.2, 0) is 6.61 Å². The SMILES string of the molecule is CC[C@@H](C)Oc1ccc(F)c(CO)c1. The maximum atomic E-state index is 13.0. The van der Waals surface area contributed by atoms with Gasteiger partial charge in [0.2, 0.25) is 0 Å². The predicted octanol–water partition coefficient (Wildman–Crippen LogP) is 2.50. The zero-order valence-electron chi connectivity index (χ0n) is 8.46. The summed E-state index contributed by atoms with van der Waals surface area (Å²) in [7, 11) is 0. The zero-order chi connectivity index (χ0) is 10.6. The highest BCUT2D eigenvalue weighted by atomic mass is 19.1. The maximum absolute atomic E-state index is 13.0. The molecule has 78 valence electrons. The average molecular weight is 198 g/mol. The minimum atomic E-state index is -0.399. The van der Waals surface area contributed by atoms with Crippen LogP contribution in [0.4, 0.5) is 4.39 Å². The van der Waals surface area contributed by atoms with E-state index < -0.39 is 5.82 Å². The Bertz CT molecular complexity index is 299. The Hall–Kier alpha value is -1.09. The van der Waals surface area contributed by atoms with E-state index in [-0.39, 0.29) is 18.3 Å². The second kappa shape index (κ2) is 4.96. The van der Waals surface area contributed by atoms with Gasteiger partial charge in [0, 0.05) is 5.56 Å². The first-order valence-electron chi connectivity index (χ1n) is 4.73. The molecule has 0 heterocycles. The monoisotopic (exact) mass is 198 g/mol. The number of hydrogen-bond donors (Lipinski definition) is 1. The summed E-state index contributed by atoms with van der Waals surface area (Å²) in [6.45, 7) is 3.66. The van der Waals surface area contributed by atoms with Crippen LogP contribution in [0.25, 0.3) is 0 Å². The summed E-state index contributed by atoms with van der Waals surface area (Å²) in [6.07, 6.45) is 0.998. The number of halogens is 1. The van der Waals surface area contributed by atoms with Gasteiger partial charge < -0.3 is 9.84 Å². The van der Waals surface area contributed by atoms with Crippen LogP contribution in [0.5, 0.6) is 5.75 Å². The zero-order valence-corrected chi connectivity index (χ0v) is 8.46. The lowest BCUT2D eigenvalue weighted by molar-refractivity contribution is 0.215. The summed E-state index contributed by atoms with van der Waals surface area (Å²) in [6, 6.07) is 4.41. The van der Waals surface area contributed by atoms with E-state index in [0.29, 0.717) is 5.75 Å². The molecule has 0 aromatic heterocycles. The van der Waals surface area contributed by atoms with Crippen LogP contribution in [0.2, 0.25) is 0 Å². The third-order valence-corrected chi connectivity index (χ3v) is 2.10. The van der Waals surface area contributed by atoms with E-state index in [1.165, 1.54) is 12.1 Å². The minimum absolute atomic E-state index is 0.104. The van der Waals surface area contributed by atoms with Crippen molar-refractivity contribution in [2.45, 2.75) is 33.0 Å². The van der Waals surface area contributed by atoms with Gasteiger partial charge in [-0.25, -0.2) is 4.39 Å². The van der Waals surface area contributed by atoms with Crippen LogP contribution >= 0.6 is 0 Å². The average Bonchev–Trinajstić information content (AvgIpc) is 2.20. The fourth-order valence-electron chi connectivity index (χ4n) is 1.06. The topological polar surface area (TPSA) is 29.5 Å². The van der Waals surface area contributed by atoms with Crippen molar-refractivity contribution in [3.63, 3.8) is 0 Å². The van der Waals surface area contributed by atoms with Crippen molar-refractivity contribution in [2.75, 3.05) is 0 Å². The van der Waals surface area contributed by atoms with Gasteiger partial charge in [-0.1, -0.05) is 6.92 Å². The fraction of sp³-hybridized carbons (Fsp3) is 0.455. The van der Waals surface area contributed by atoms with E-state index in [1.807, 2.05) is 13.8 Å². The molecule has 3 heteroatoms. The van der Waals surface area contributed by atoms with E-state index >= 15 is 0 Å². The molecule has 1 rings (SSSR count). The van der Waals surface area contributed by atoms with Gasteiger partial charge in [-0.3, -0.25) is 0 Å². The molecule has 1 N–H and O–H groups in total. The standard InChI is InChI=1S/C11H15FO2/c1-3-8(2)14-10-4-5-11(12)9(6-10)7-13/h4-6,8,13H,3,7H2,1-2H3/t8-/m1/s1. The van der Waals surface area contributed by atoms with E-state index in [9.17, 15) is 4.39 Å². The molecular weight excluding hydrogens is 183 g/mol. The van der Waals surface area contributed by atoms with Gasteiger partial charge in [0.1, 0.15) is 11.6 Å². The second-order valence-electron chi connectivity index (χ2n) is 3.25. The number of aliphatic hydroxyl groups excluding tert-OH is 1. The molecule has 0 bridgehead atoms. The van der Waals surface area contributed by atoms with Crippen molar-refractivity contribution in [3.8, 4) is 5.75 Å². The first-order chi connectivity index (χ1) is 6.67. The Morgan fingerprint density at radius 2 is 2.21 bits per heavy atom. The van der Waals surface area contributed by atoms with Gasteiger partial charge in [-0.15, -0.1) is 0 Å². The first kappa shape index (κ1) is 11.0. The lowest BCUT2D eigenvalue weighted by atomic mass is 10.2. The Morgan fingerprint density at radius 1 is 1.50 bits per heavy atom. The minimum Gasteiger partial charge on any atom is -0.491 e. The van der Waals surface area contributed by atoms with Crippen molar-refractivity contribution in [2.24, 2.45) is 0 Å². The second-order valence-corrected chi connectivity index (χ2v) is 3.25. The fourth-order valence-corrected chi connectivity index (χ4v) is 1.06. The smallest absolute Gasteiger partial charge is 0.128 e. The number of benzene rings is 1. The maximum Gasteiger partial charge on any atom is 0.128 e. The molecule has 0 saturated carbocycles. The summed E-state index contributed by atoms with van der Waals surface area (Å²) in [5, 5.41) is 8.84. The van der Waals surface area contributed by atoms with Crippen molar-refractivity contribution < 1.29 is 14.2 Å². The number of hydrogen-bond acceptors (Lipinski definition) is 2. The summed E-state index contributed by atoms with van der Waals surface area (Å²) in [5.74, 6) is 0.203. The Balaban J connectivity index is 2.79. The summed E-state index contributed by atoms with van der Waals surface area (Å²) >= 11 is 0. The van der Waals surface area contributed by atoms with Crippen LogP contribution in [0.15, 0.2) is 18.2 Å². The molecule has 2 nitrogen and oxygen atoms in total. The van der Waals surface area contributed by atoms with Gasteiger partial charge >= 0.3 is 0 Å². The molecule has 1 aromatic rings. The lowest BCUT2D eigenvalue weighted by Gasteiger charge is -2.13. The molecule has 0 unspecified atom stereocenters. The van der Waals surface area contributed by atoms with Crippen LogP contribution < -0.4 is 4.74 Å². The van der Waals surface area contributed by atoms with Gasteiger partial charge in [0.25, 0.3) is 0 Å². The molecule has 14 heavy (non-hydrogen) atoms. The largest absolute Gasteiger partial charge is 0.491 e. The normalized spacial score (nSPS) is 12.6. The summed E-state index contributed by atoms with van der Waals surface area (Å²) < 4.78 is 18.5. The highest BCUT2D eigenvalue weighted by molar-refractivity contribution is 5.29. The van der Waals surface area contributed by atoms with Gasteiger partial charge in [-0.2, -0.15) is 0 Å². The molecule has 0 amide bonds. The molecule has 0 fully saturated rings. The van der Waals surface area contributed by atoms with Gasteiger partial charge in [0.15, 0.2) is 0 Å². The molecule has 1 aromatic carbocycles. The molecule has 0 radical (unpaired) electrons. The van der Waals surface area contributed by atoms with Gasteiger partial charge in [-0.05, 0) is 31.5 Å². The summed E-state index contributed by atoms with van der Waals surface area (Å²) in [4.78, 5) is 0. The predicted molar refractivity (Wildman–Crippen MR) is 52.7 cm³/mol. The Labute approximate surface area is 83.3 Å². The van der Waals surface area contributed by atoms with Crippen LogP contribution in [0.1, 0.15) is 25.8 Å². The van der Waals surface area contributed by atoms with Crippen LogP contribution in [-0.4, -0.2) is 11.2 Å². The van der Waals surface area contributed by atoms with Gasteiger partial charge in [0.05, 0.1) is 12.7 Å². The molecule has 0 aliphatic heterocycles. The van der Waals surface area contributed by atoms with Crippen LogP contribution in [0.3, 0.4) is 0 Å².